The van der Waals surface area contributed by atoms with Crippen LogP contribution in [0.5, 0.6) is 11.5 Å². The first-order chi connectivity index (χ1) is 24.8. The van der Waals surface area contributed by atoms with Gasteiger partial charge in [0.05, 0.1) is 5.52 Å². The summed E-state index contributed by atoms with van der Waals surface area (Å²) in [6, 6.07) is 38.0. The normalized spacial score (nSPS) is 15.9. The molecule has 0 saturated carbocycles. The molecular formula is C43H43BrN4O3. The Bertz CT molecular complexity index is 2180. The summed E-state index contributed by atoms with van der Waals surface area (Å²) in [6.45, 7) is 5.38. The standard InChI is InChI=1S/C43H43BrN4O3/c1-46(2)18-17-43(49,37-14-8-12-32-11-6-7-13-36(32)37)38-27-35(44)26-33-25-34(23-30-9-4-3-5-10-30)42(45-41(33)38)48-21-19-47(20-22-48)28-31-15-16-39-40(24-31)51-29-50-39/h3-16,24-27,49H,17-23,28-29H2,1-2H3. The second kappa shape index (κ2) is 14.3. The highest BCUT2D eigenvalue weighted by Crippen LogP contribution is 2.43. The van der Waals surface area contributed by atoms with Crippen LogP contribution in [0.4, 0.5) is 5.82 Å². The van der Waals surface area contributed by atoms with E-state index < -0.39 is 5.60 Å². The molecule has 0 radical (unpaired) electrons. The van der Waals surface area contributed by atoms with Gasteiger partial charge in [0.15, 0.2) is 11.5 Å². The first-order valence-corrected chi connectivity index (χ1v) is 18.5. The predicted octanol–water partition coefficient (Wildman–Crippen LogP) is 7.98. The molecular weight excluding hydrogens is 700 g/mol. The van der Waals surface area contributed by atoms with Gasteiger partial charge in [-0.25, -0.2) is 4.98 Å². The summed E-state index contributed by atoms with van der Waals surface area (Å²) < 4.78 is 12.1. The van der Waals surface area contributed by atoms with Crippen LogP contribution in [-0.4, -0.2) is 73.5 Å². The van der Waals surface area contributed by atoms with Crippen LogP contribution in [0.15, 0.2) is 114 Å². The number of hydrogen-bond acceptors (Lipinski definition) is 7. The molecule has 2 aliphatic heterocycles. The number of anilines is 1. The van der Waals surface area contributed by atoms with Gasteiger partial charge in [-0.15, -0.1) is 0 Å². The van der Waals surface area contributed by atoms with Gasteiger partial charge in [0, 0.05) is 61.1 Å². The maximum Gasteiger partial charge on any atom is 0.231 e. The summed E-state index contributed by atoms with van der Waals surface area (Å²) in [4.78, 5) is 12.6. The molecule has 51 heavy (non-hydrogen) atoms. The lowest BCUT2D eigenvalue weighted by Gasteiger charge is -2.37. The van der Waals surface area contributed by atoms with Crippen LogP contribution >= 0.6 is 15.9 Å². The molecule has 7 nitrogen and oxygen atoms in total. The zero-order chi connectivity index (χ0) is 35.0. The Hall–Kier alpha value is -4.47. The Morgan fingerprint density at radius 3 is 2.35 bits per heavy atom. The van der Waals surface area contributed by atoms with Crippen molar-refractivity contribution in [2.75, 3.05) is 58.5 Å². The van der Waals surface area contributed by atoms with Gasteiger partial charge in [0.2, 0.25) is 6.79 Å². The third kappa shape index (κ3) is 6.94. The van der Waals surface area contributed by atoms with Crippen LogP contribution in [0.1, 0.15) is 34.2 Å². The largest absolute Gasteiger partial charge is 0.454 e. The Kier molecular flexibility index (Phi) is 9.42. The van der Waals surface area contributed by atoms with Gasteiger partial charge in [0.1, 0.15) is 11.4 Å². The van der Waals surface area contributed by atoms with Gasteiger partial charge < -0.3 is 24.4 Å². The first-order valence-electron chi connectivity index (χ1n) is 17.7. The van der Waals surface area contributed by atoms with E-state index in [1.54, 1.807) is 0 Å². The summed E-state index contributed by atoms with van der Waals surface area (Å²) in [5.74, 6) is 2.64. The predicted molar refractivity (Wildman–Crippen MR) is 209 cm³/mol. The van der Waals surface area contributed by atoms with E-state index in [1.807, 2.05) is 6.07 Å². The second-order valence-electron chi connectivity index (χ2n) is 14.0. The average molecular weight is 744 g/mol. The number of piperazine rings is 1. The molecule has 260 valence electrons. The van der Waals surface area contributed by atoms with Gasteiger partial charge in [-0.05, 0) is 83.9 Å². The lowest BCUT2D eigenvalue weighted by atomic mass is 9.80. The van der Waals surface area contributed by atoms with E-state index in [9.17, 15) is 5.11 Å². The highest BCUT2D eigenvalue weighted by molar-refractivity contribution is 9.10. The van der Waals surface area contributed by atoms with E-state index in [1.165, 1.54) is 16.7 Å². The smallest absolute Gasteiger partial charge is 0.231 e. The fourth-order valence-corrected chi connectivity index (χ4v) is 8.10. The number of nitrogens with zero attached hydrogens (tertiary/aromatic N) is 4. The van der Waals surface area contributed by atoms with Crippen molar-refractivity contribution in [1.82, 2.24) is 14.8 Å². The molecule has 3 heterocycles. The van der Waals surface area contributed by atoms with E-state index in [0.29, 0.717) is 13.0 Å². The van der Waals surface area contributed by atoms with Gasteiger partial charge in [-0.1, -0.05) is 94.8 Å². The molecule has 1 atom stereocenters. The maximum atomic E-state index is 13.1. The number of pyridine rings is 1. The number of benzene rings is 5. The number of rotatable bonds is 10. The van der Waals surface area contributed by atoms with Crippen molar-refractivity contribution < 1.29 is 14.6 Å². The molecule has 0 spiro atoms. The molecule has 1 fully saturated rings. The molecule has 6 aromatic rings. The Morgan fingerprint density at radius 2 is 1.53 bits per heavy atom. The van der Waals surface area contributed by atoms with Crippen LogP contribution in [0.2, 0.25) is 0 Å². The van der Waals surface area contributed by atoms with Crippen LogP contribution in [-0.2, 0) is 18.6 Å². The summed E-state index contributed by atoms with van der Waals surface area (Å²) in [5.41, 5.74) is 4.92. The summed E-state index contributed by atoms with van der Waals surface area (Å²) in [6.07, 6.45) is 1.29. The van der Waals surface area contributed by atoms with Crippen molar-refractivity contribution in [3.05, 3.63) is 141 Å². The van der Waals surface area contributed by atoms with Gasteiger partial charge >= 0.3 is 0 Å². The molecule has 8 heteroatoms. The molecule has 1 N–H and O–H groups in total. The minimum absolute atomic E-state index is 0.287. The minimum Gasteiger partial charge on any atom is -0.454 e. The van der Waals surface area contributed by atoms with Crippen LogP contribution in [0, 0.1) is 0 Å². The van der Waals surface area contributed by atoms with Crippen LogP contribution in [0.3, 0.4) is 0 Å². The topological polar surface area (TPSA) is 61.3 Å². The fraction of sp³-hybridized carbons (Fsp3) is 0.279. The van der Waals surface area contributed by atoms with Crippen molar-refractivity contribution in [2.24, 2.45) is 0 Å². The second-order valence-corrected chi connectivity index (χ2v) is 15.0. The lowest BCUT2D eigenvalue weighted by molar-refractivity contribution is 0.0656. The Labute approximate surface area is 308 Å². The molecule has 2 aliphatic rings. The van der Waals surface area contributed by atoms with Gasteiger partial charge in [0.25, 0.3) is 0 Å². The molecule has 0 amide bonds. The molecule has 1 aromatic heterocycles. The summed E-state index contributed by atoms with van der Waals surface area (Å²) >= 11 is 3.83. The summed E-state index contributed by atoms with van der Waals surface area (Å²) in [5, 5.41) is 16.3. The number of aliphatic hydroxyl groups is 1. The molecule has 8 rings (SSSR count). The summed E-state index contributed by atoms with van der Waals surface area (Å²) in [7, 11) is 4.11. The van der Waals surface area contributed by atoms with Crippen molar-refractivity contribution >= 4 is 43.4 Å². The van der Waals surface area contributed by atoms with Crippen LogP contribution < -0.4 is 14.4 Å². The molecule has 0 bridgehead atoms. The van der Waals surface area contributed by atoms with Crippen molar-refractivity contribution in [3.8, 4) is 11.5 Å². The lowest BCUT2D eigenvalue weighted by Crippen LogP contribution is -2.46. The third-order valence-electron chi connectivity index (χ3n) is 10.3. The first kappa shape index (κ1) is 33.7. The number of halogens is 1. The number of aromatic nitrogens is 1. The van der Waals surface area contributed by atoms with Crippen molar-refractivity contribution in [3.63, 3.8) is 0 Å². The van der Waals surface area contributed by atoms with Crippen molar-refractivity contribution in [2.45, 2.75) is 25.0 Å². The van der Waals surface area contributed by atoms with Gasteiger partial charge in [-0.3, -0.25) is 4.90 Å². The highest BCUT2D eigenvalue weighted by Gasteiger charge is 2.36. The fourth-order valence-electron chi connectivity index (χ4n) is 7.62. The molecule has 1 saturated heterocycles. The highest BCUT2D eigenvalue weighted by atomic mass is 79.9. The Balaban J connectivity index is 1.20. The molecule has 5 aromatic carbocycles. The number of fused-ring (bicyclic) bond motifs is 3. The Morgan fingerprint density at radius 1 is 0.765 bits per heavy atom. The van der Waals surface area contributed by atoms with E-state index >= 15 is 0 Å². The average Bonchev–Trinajstić information content (AvgIpc) is 3.62. The van der Waals surface area contributed by atoms with Gasteiger partial charge in [-0.2, -0.15) is 0 Å². The zero-order valence-electron chi connectivity index (χ0n) is 29.2. The monoisotopic (exact) mass is 742 g/mol. The van der Waals surface area contributed by atoms with E-state index in [0.717, 1.165) is 93.7 Å². The molecule has 1 unspecified atom stereocenters. The molecule has 0 aliphatic carbocycles. The van der Waals surface area contributed by atoms with E-state index in [-0.39, 0.29) is 6.79 Å². The third-order valence-corrected chi connectivity index (χ3v) is 10.8. The van der Waals surface area contributed by atoms with Crippen molar-refractivity contribution in [1.29, 1.82) is 0 Å². The minimum atomic E-state index is -1.29. The maximum absolute atomic E-state index is 13.1. The SMILES string of the molecule is CN(C)CCC(O)(c1cccc2ccccc12)c1cc(Br)cc2cc(Cc3ccccc3)c(N3CCN(Cc4ccc5c(c4)OCO5)CC3)nc12. The number of hydrogen-bond donors (Lipinski definition) is 1. The van der Waals surface area contributed by atoms with Crippen LogP contribution in [0.25, 0.3) is 21.7 Å². The zero-order valence-corrected chi connectivity index (χ0v) is 30.8. The number of ether oxygens (including phenoxy) is 2. The van der Waals surface area contributed by atoms with E-state index in [2.05, 4.69) is 148 Å². The van der Waals surface area contributed by atoms with E-state index in [4.69, 9.17) is 14.5 Å². The quantitative estimate of drug-likeness (QED) is 0.153.